The van der Waals surface area contributed by atoms with E-state index >= 15 is 0 Å². The second kappa shape index (κ2) is 6.69. The lowest BCUT2D eigenvalue weighted by atomic mass is 10.1. The summed E-state index contributed by atoms with van der Waals surface area (Å²) in [6.07, 6.45) is 0. The number of benzene rings is 1. The number of likely N-dealkylation sites (N-methyl/N-ethyl adjacent to an activating group) is 1. The molecule has 1 aromatic carbocycles. The van der Waals surface area contributed by atoms with Crippen LogP contribution in [0.15, 0.2) is 23.7 Å². The molecule has 0 fully saturated rings. The van der Waals surface area contributed by atoms with Crippen molar-refractivity contribution in [2.75, 3.05) is 24.6 Å². The van der Waals surface area contributed by atoms with Gasteiger partial charge >= 0.3 is 0 Å². The number of anilines is 2. The molecule has 1 heterocycles. The highest BCUT2D eigenvalue weighted by Crippen LogP contribution is 2.22. The van der Waals surface area contributed by atoms with E-state index in [1.807, 2.05) is 43.4 Å². The number of nitrogens with one attached hydrogen (secondary N) is 1. The van der Waals surface area contributed by atoms with Crippen molar-refractivity contribution < 1.29 is 4.79 Å². The molecule has 1 aromatic heterocycles. The van der Waals surface area contributed by atoms with Crippen molar-refractivity contribution in [3.63, 3.8) is 0 Å². The van der Waals surface area contributed by atoms with Gasteiger partial charge in [-0.1, -0.05) is 12.1 Å². The third kappa shape index (κ3) is 4.03. The van der Waals surface area contributed by atoms with Crippen LogP contribution in [0.25, 0.3) is 0 Å². The summed E-state index contributed by atoms with van der Waals surface area (Å²) in [6.45, 7) is 4.93. The van der Waals surface area contributed by atoms with E-state index in [1.165, 1.54) is 4.88 Å². The molecule has 6 heteroatoms. The van der Waals surface area contributed by atoms with Gasteiger partial charge in [-0.2, -0.15) is 0 Å². The van der Waals surface area contributed by atoms with Crippen molar-refractivity contribution in [3.8, 4) is 0 Å². The molecule has 0 aliphatic carbocycles. The van der Waals surface area contributed by atoms with E-state index in [0.29, 0.717) is 24.5 Å². The van der Waals surface area contributed by atoms with Gasteiger partial charge in [0.15, 0.2) is 0 Å². The van der Waals surface area contributed by atoms with Crippen LogP contribution in [0.5, 0.6) is 0 Å². The van der Waals surface area contributed by atoms with Crippen molar-refractivity contribution in [2.45, 2.75) is 20.4 Å². The van der Waals surface area contributed by atoms with Gasteiger partial charge in [-0.15, -0.1) is 11.3 Å². The Kier molecular flexibility index (Phi) is 4.93. The molecule has 0 unspecified atom stereocenters. The van der Waals surface area contributed by atoms with Gasteiger partial charge in [0.2, 0.25) is 5.91 Å². The number of nitrogens with two attached hydrogens (primary N) is 1. The van der Waals surface area contributed by atoms with Crippen LogP contribution in [0.2, 0.25) is 0 Å². The molecule has 1 amide bonds. The average molecular weight is 304 g/mol. The lowest BCUT2D eigenvalue weighted by Crippen LogP contribution is -2.30. The van der Waals surface area contributed by atoms with Crippen molar-refractivity contribution in [2.24, 2.45) is 0 Å². The zero-order valence-corrected chi connectivity index (χ0v) is 13.3. The monoisotopic (exact) mass is 304 g/mol. The summed E-state index contributed by atoms with van der Waals surface area (Å²) in [7, 11) is 1.92. The molecule has 0 bridgehead atoms. The highest BCUT2D eigenvalue weighted by molar-refractivity contribution is 7.09. The second-order valence-electron chi connectivity index (χ2n) is 5.12. The molecule has 0 aliphatic heterocycles. The average Bonchev–Trinajstić information content (AvgIpc) is 2.79. The molecular weight excluding hydrogens is 284 g/mol. The highest BCUT2D eigenvalue weighted by Gasteiger charge is 2.12. The quantitative estimate of drug-likeness (QED) is 0.832. The maximum atomic E-state index is 12.1. The van der Waals surface area contributed by atoms with Crippen LogP contribution in [0.1, 0.15) is 16.1 Å². The van der Waals surface area contributed by atoms with Gasteiger partial charge in [0.05, 0.1) is 29.1 Å². The number of aromatic nitrogens is 1. The number of aryl methyl sites for hydroxylation is 2. The van der Waals surface area contributed by atoms with Gasteiger partial charge in [-0.05, 0) is 32.5 Å². The lowest BCUT2D eigenvalue weighted by molar-refractivity contribution is -0.117. The predicted molar refractivity (Wildman–Crippen MR) is 87.4 cm³/mol. The minimum Gasteiger partial charge on any atom is -0.397 e. The minimum absolute atomic E-state index is 0.0688. The SMILES string of the molecule is Cc1cccc(N)c1NC(=O)CN(C)Cc1scnc1C. The summed E-state index contributed by atoms with van der Waals surface area (Å²) in [6, 6.07) is 5.59. The minimum atomic E-state index is -0.0688. The summed E-state index contributed by atoms with van der Waals surface area (Å²) in [5, 5.41) is 2.89. The third-order valence-electron chi connectivity index (χ3n) is 3.24. The zero-order chi connectivity index (χ0) is 15.4. The van der Waals surface area contributed by atoms with Crippen LogP contribution in [0.4, 0.5) is 11.4 Å². The van der Waals surface area contributed by atoms with E-state index in [4.69, 9.17) is 5.73 Å². The maximum absolute atomic E-state index is 12.1. The van der Waals surface area contributed by atoms with Crippen molar-refractivity contribution in [3.05, 3.63) is 39.8 Å². The van der Waals surface area contributed by atoms with E-state index < -0.39 is 0 Å². The fourth-order valence-electron chi connectivity index (χ4n) is 2.06. The normalized spacial score (nSPS) is 10.9. The Hall–Kier alpha value is -1.92. The van der Waals surface area contributed by atoms with E-state index in [2.05, 4.69) is 10.3 Å². The number of hydrogen-bond acceptors (Lipinski definition) is 5. The van der Waals surface area contributed by atoms with E-state index in [0.717, 1.165) is 11.3 Å². The summed E-state index contributed by atoms with van der Waals surface area (Å²) >= 11 is 1.61. The second-order valence-corrected chi connectivity index (χ2v) is 6.06. The number of thiazole rings is 1. The Labute approximate surface area is 128 Å². The molecular formula is C15H20N4OS. The number of carbonyl (C=O) groups is 1. The van der Waals surface area contributed by atoms with Gasteiger partial charge in [-0.3, -0.25) is 9.69 Å². The molecule has 21 heavy (non-hydrogen) atoms. The van der Waals surface area contributed by atoms with Crippen LogP contribution in [-0.2, 0) is 11.3 Å². The molecule has 2 rings (SSSR count). The topological polar surface area (TPSA) is 71.2 Å². The Balaban J connectivity index is 1.94. The van der Waals surface area contributed by atoms with Crippen molar-refractivity contribution in [1.82, 2.24) is 9.88 Å². The standard InChI is InChI=1S/C15H20N4OS/c1-10-5-4-6-12(16)15(10)18-14(20)8-19(3)7-13-11(2)17-9-21-13/h4-6,9H,7-8,16H2,1-3H3,(H,18,20). The predicted octanol–water partition coefficient (Wildman–Crippen LogP) is 2.41. The van der Waals surface area contributed by atoms with E-state index in [9.17, 15) is 4.79 Å². The molecule has 3 N–H and O–H groups in total. The van der Waals surface area contributed by atoms with Crippen molar-refractivity contribution in [1.29, 1.82) is 0 Å². The molecule has 0 saturated heterocycles. The number of nitrogens with zero attached hydrogens (tertiary/aromatic N) is 2. The largest absolute Gasteiger partial charge is 0.397 e. The van der Waals surface area contributed by atoms with Crippen LogP contribution in [-0.4, -0.2) is 29.4 Å². The Morgan fingerprint density at radius 2 is 2.19 bits per heavy atom. The van der Waals surface area contributed by atoms with E-state index in [1.54, 1.807) is 17.4 Å². The summed E-state index contributed by atoms with van der Waals surface area (Å²) < 4.78 is 0. The van der Waals surface area contributed by atoms with Crippen LogP contribution in [0.3, 0.4) is 0 Å². The fourth-order valence-corrected chi connectivity index (χ4v) is 2.92. The lowest BCUT2D eigenvalue weighted by Gasteiger charge is -2.17. The van der Waals surface area contributed by atoms with Gasteiger partial charge in [0, 0.05) is 11.4 Å². The molecule has 0 radical (unpaired) electrons. The Morgan fingerprint density at radius 3 is 2.81 bits per heavy atom. The first-order valence-corrected chi connectivity index (χ1v) is 7.57. The van der Waals surface area contributed by atoms with Crippen LogP contribution < -0.4 is 11.1 Å². The molecule has 0 spiro atoms. The number of para-hydroxylation sites is 1. The Bertz CT molecular complexity index is 618. The molecule has 0 saturated carbocycles. The summed E-state index contributed by atoms with van der Waals surface area (Å²) in [5.74, 6) is -0.0688. The number of carbonyl (C=O) groups excluding carboxylic acids is 1. The summed E-state index contributed by atoms with van der Waals surface area (Å²) in [5.41, 5.74) is 11.0. The van der Waals surface area contributed by atoms with Gasteiger partial charge in [0.25, 0.3) is 0 Å². The number of rotatable bonds is 5. The zero-order valence-electron chi connectivity index (χ0n) is 12.5. The highest BCUT2D eigenvalue weighted by atomic mass is 32.1. The van der Waals surface area contributed by atoms with Crippen LogP contribution in [0, 0.1) is 13.8 Å². The van der Waals surface area contributed by atoms with Gasteiger partial charge < -0.3 is 11.1 Å². The molecule has 2 aromatic rings. The number of amides is 1. The van der Waals surface area contributed by atoms with Gasteiger partial charge in [0.1, 0.15) is 0 Å². The molecule has 5 nitrogen and oxygen atoms in total. The van der Waals surface area contributed by atoms with Crippen LogP contribution >= 0.6 is 11.3 Å². The fraction of sp³-hybridized carbons (Fsp3) is 0.333. The van der Waals surface area contributed by atoms with E-state index in [-0.39, 0.29) is 5.91 Å². The molecule has 0 aliphatic rings. The molecule has 112 valence electrons. The first-order chi connectivity index (χ1) is 9.97. The summed E-state index contributed by atoms with van der Waals surface area (Å²) in [4.78, 5) is 19.5. The smallest absolute Gasteiger partial charge is 0.238 e. The maximum Gasteiger partial charge on any atom is 0.238 e. The van der Waals surface area contributed by atoms with Gasteiger partial charge in [-0.25, -0.2) is 4.98 Å². The number of nitrogen functional groups attached to an aromatic ring is 1. The first kappa shape index (κ1) is 15.5. The molecule has 0 atom stereocenters. The van der Waals surface area contributed by atoms with Crippen molar-refractivity contribution >= 4 is 28.6 Å². The first-order valence-electron chi connectivity index (χ1n) is 6.70. The number of hydrogen-bond donors (Lipinski definition) is 2. The third-order valence-corrected chi connectivity index (χ3v) is 4.16. The Morgan fingerprint density at radius 1 is 1.43 bits per heavy atom.